The lowest BCUT2D eigenvalue weighted by Gasteiger charge is -2.16. The van der Waals surface area contributed by atoms with Crippen LogP contribution in [-0.4, -0.2) is 19.9 Å². The van der Waals surface area contributed by atoms with E-state index in [1.807, 2.05) is 49.4 Å². The second kappa shape index (κ2) is 7.70. The third kappa shape index (κ3) is 3.32. The number of hydrogen-bond acceptors (Lipinski definition) is 6. The quantitative estimate of drug-likeness (QED) is 0.261. The van der Waals surface area contributed by atoms with Crippen LogP contribution >= 0.6 is 27.7 Å². The largest absolute Gasteiger partial charge is 0.459 e. The predicted octanol–water partition coefficient (Wildman–Crippen LogP) is 5.74. The van der Waals surface area contributed by atoms with Crippen LogP contribution in [0.1, 0.15) is 17.9 Å². The number of hydrogen-bond donors (Lipinski definition) is 1. The third-order valence-corrected chi connectivity index (χ3v) is 6.37. The van der Waals surface area contributed by atoms with Crippen molar-refractivity contribution in [2.24, 2.45) is 0 Å². The van der Waals surface area contributed by atoms with Crippen molar-refractivity contribution in [1.82, 2.24) is 19.9 Å². The van der Waals surface area contributed by atoms with Crippen LogP contribution in [0, 0.1) is 0 Å². The van der Waals surface area contributed by atoms with Gasteiger partial charge in [-0.2, -0.15) is 0 Å². The third-order valence-electron chi connectivity index (χ3n) is 4.78. The fourth-order valence-corrected chi connectivity index (χ4v) is 4.74. The maximum absolute atomic E-state index is 13.5. The Balaban J connectivity index is 1.70. The Hall–Kier alpha value is -2.97. The fourth-order valence-electron chi connectivity index (χ4n) is 3.40. The summed E-state index contributed by atoms with van der Waals surface area (Å²) < 4.78 is 7.13. The molecule has 0 fully saturated rings. The van der Waals surface area contributed by atoms with Crippen LogP contribution in [0.25, 0.3) is 33.3 Å². The number of rotatable bonds is 4. The molecule has 148 valence electrons. The molecule has 3 heterocycles. The van der Waals surface area contributed by atoms with Gasteiger partial charge >= 0.3 is 0 Å². The number of halogens is 1. The van der Waals surface area contributed by atoms with Gasteiger partial charge in [0.25, 0.3) is 0 Å². The second-order valence-corrected chi connectivity index (χ2v) is 8.96. The molecule has 0 spiro atoms. The van der Waals surface area contributed by atoms with Crippen molar-refractivity contribution in [2.45, 2.75) is 17.2 Å². The van der Waals surface area contributed by atoms with E-state index in [9.17, 15) is 4.79 Å². The van der Waals surface area contributed by atoms with Gasteiger partial charge in [-0.05, 0) is 30.7 Å². The van der Waals surface area contributed by atoms with E-state index in [4.69, 9.17) is 4.42 Å². The maximum atomic E-state index is 13.5. The van der Waals surface area contributed by atoms with Gasteiger partial charge in [-0.3, -0.25) is 4.79 Å². The summed E-state index contributed by atoms with van der Waals surface area (Å²) in [5.41, 5.74) is 3.25. The molecular formula is C22H15BrN4O2S. The van der Waals surface area contributed by atoms with E-state index in [-0.39, 0.29) is 10.7 Å². The highest BCUT2D eigenvalue weighted by Crippen LogP contribution is 2.40. The summed E-state index contributed by atoms with van der Waals surface area (Å²) in [6.45, 7) is 2.00. The highest BCUT2D eigenvalue weighted by molar-refractivity contribution is 9.10. The molecule has 1 atom stereocenters. The molecule has 0 aliphatic rings. The summed E-state index contributed by atoms with van der Waals surface area (Å²) in [6, 6.07) is 15.1. The summed E-state index contributed by atoms with van der Waals surface area (Å²) >= 11 is 4.93. The normalized spacial score (nSPS) is 12.5. The Morgan fingerprint density at radius 1 is 1.10 bits per heavy atom. The number of H-pyrrole nitrogens is 1. The Bertz CT molecular complexity index is 1430. The lowest BCUT2D eigenvalue weighted by molar-refractivity contribution is 0.542. The SMILES string of the molecule is CC(Sc1ncnc2[nH]cnc12)c1oc2ccc(Br)cc2c(=O)c1-c1ccccc1. The molecule has 1 N–H and O–H groups in total. The fraction of sp³-hybridized carbons (Fsp3) is 0.0909. The summed E-state index contributed by atoms with van der Waals surface area (Å²) in [6.07, 6.45) is 3.10. The first-order valence-corrected chi connectivity index (χ1v) is 10.9. The Kier molecular flexibility index (Phi) is 4.88. The van der Waals surface area contributed by atoms with Crippen molar-refractivity contribution >= 4 is 49.8 Å². The van der Waals surface area contributed by atoms with Crippen molar-refractivity contribution < 1.29 is 4.42 Å². The number of imidazole rings is 1. The molecule has 1 unspecified atom stereocenters. The van der Waals surface area contributed by atoms with E-state index in [1.165, 1.54) is 18.1 Å². The molecule has 0 saturated heterocycles. The Morgan fingerprint density at radius 3 is 2.77 bits per heavy atom. The molecule has 6 nitrogen and oxygen atoms in total. The zero-order chi connectivity index (χ0) is 20.7. The van der Waals surface area contributed by atoms with E-state index in [1.54, 1.807) is 12.4 Å². The molecule has 0 aliphatic carbocycles. The molecule has 5 rings (SSSR count). The smallest absolute Gasteiger partial charge is 0.200 e. The van der Waals surface area contributed by atoms with E-state index < -0.39 is 0 Å². The van der Waals surface area contributed by atoms with Gasteiger partial charge < -0.3 is 9.40 Å². The first kappa shape index (κ1) is 19.0. The molecule has 0 bridgehead atoms. The highest BCUT2D eigenvalue weighted by Gasteiger charge is 2.23. The van der Waals surface area contributed by atoms with Crippen molar-refractivity contribution in [3.05, 3.63) is 81.6 Å². The average Bonchev–Trinajstić information content (AvgIpc) is 3.24. The minimum atomic E-state index is -0.184. The first-order chi connectivity index (χ1) is 14.6. The molecule has 30 heavy (non-hydrogen) atoms. The number of aromatic amines is 1. The summed E-state index contributed by atoms with van der Waals surface area (Å²) in [7, 11) is 0. The summed E-state index contributed by atoms with van der Waals surface area (Å²) in [4.78, 5) is 29.4. The molecule has 8 heteroatoms. The van der Waals surface area contributed by atoms with Crippen LogP contribution in [-0.2, 0) is 0 Å². The van der Waals surface area contributed by atoms with E-state index in [0.29, 0.717) is 33.5 Å². The number of nitrogens with one attached hydrogen (secondary N) is 1. The zero-order valence-electron chi connectivity index (χ0n) is 15.8. The zero-order valence-corrected chi connectivity index (χ0v) is 18.2. The van der Waals surface area contributed by atoms with Gasteiger partial charge in [-0.1, -0.05) is 58.0 Å². The lowest BCUT2D eigenvalue weighted by atomic mass is 10.0. The highest BCUT2D eigenvalue weighted by atomic mass is 79.9. The molecule has 0 aliphatic heterocycles. The average molecular weight is 479 g/mol. The van der Waals surface area contributed by atoms with Gasteiger partial charge in [0.05, 0.1) is 22.5 Å². The Morgan fingerprint density at radius 2 is 1.93 bits per heavy atom. The van der Waals surface area contributed by atoms with E-state index in [0.717, 1.165) is 15.1 Å². The number of nitrogens with zero attached hydrogens (tertiary/aromatic N) is 3. The number of benzene rings is 2. The van der Waals surface area contributed by atoms with Gasteiger partial charge in [-0.15, -0.1) is 0 Å². The van der Waals surface area contributed by atoms with Crippen molar-refractivity contribution in [1.29, 1.82) is 0 Å². The minimum absolute atomic E-state index is 0.0567. The number of thioether (sulfide) groups is 1. The molecule has 2 aromatic carbocycles. The lowest BCUT2D eigenvalue weighted by Crippen LogP contribution is -2.10. The topological polar surface area (TPSA) is 84.7 Å². The predicted molar refractivity (Wildman–Crippen MR) is 122 cm³/mol. The van der Waals surface area contributed by atoms with Crippen LogP contribution in [0.5, 0.6) is 0 Å². The summed E-state index contributed by atoms with van der Waals surface area (Å²) in [5.74, 6) is 0.605. The van der Waals surface area contributed by atoms with Crippen molar-refractivity contribution in [3.63, 3.8) is 0 Å². The number of aromatic nitrogens is 4. The van der Waals surface area contributed by atoms with Crippen LogP contribution in [0.4, 0.5) is 0 Å². The maximum Gasteiger partial charge on any atom is 0.200 e. The van der Waals surface area contributed by atoms with Crippen LogP contribution < -0.4 is 5.43 Å². The monoisotopic (exact) mass is 478 g/mol. The van der Waals surface area contributed by atoms with Gasteiger partial charge in [0.2, 0.25) is 5.43 Å². The minimum Gasteiger partial charge on any atom is -0.459 e. The van der Waals surface area contributed by atoms with Crippen molar-refractivity contribution in [2.75, 3.05) is 0 Å². The van der Waals surface area contributed by atoms with Gasteiger partial charge in [0, 0.05) is 4.47 Å². The molecule has 0 saturated carbocycles. The molecule has 0 radical (unpaired) electrons. The standard InChI is InChI=1S/C22H15BrN4O2S/c1-12(30-22-18-21(25-10-24-18)26-11-27-22)20-17(13-5-3-2-4-6-13)19(28)15-9-14(23)7-8-16(15)29-20/h2-12H,1H3,(H,24,25,26,27). The van der Waals surface area contributed by atoms with Gasteiger partial charge in [0.1, 0.15) is 28.2 Å². The summed E-state index contributed by atoms with van der Waals surface area (Å²) in [5, 5.41) is 1.09. The van der Waals surface area contributed by atoms with Gasteiger partial charge in [-0.25, -0.2) is 15.0 Å². The molecular weight excluding hydrogens is 464 g/mol. The van der Waals surface area contributed by atoms with Gasteiger partial charge in [0.15, 0.2) is 5.65 Å². The molecule has 0 amide bonds. The Labute approximate surface area is 183 Å². The van der Waals surface area contributed by atoms with Crippen LogP contribution in [0.15, 0.2) is 79.9 Å². The molecule has 3 aromatic heterocycles. The van der Waals surface area contributed by atoms with Crippen LogP contribution in [0.3, 0.4) is 0 Å². The molecule has 5 aromatic rings. The second-order valence-electron chi connectivity index (χ2n) is 6.72. The number of fused-ring (bicyclic) bond motifs is 2. The van der Waals surface area contributed by atoms with Crippen LogP contribution in [0.2, 0.25) is 0 Å². The first-order valence-electron chi connectivity index (χ1n) is 9.24. The van der Waals surface area contributed by atoms with Crippen molar-refractivity contribution in [3.8, 4) is 11.1 Å². The van der Waals surface area contributed by atoms with E-state index in [2.05, 4.69) is 35.9 Å². The van der Waals surface area contributed by atoms with E-state index >= 15 is 0 Å².